The Hall–Kier alpha value is -2.71. The first-order valence-corrected chi connectivity index (χ1v) is 14.3. The molecule has 0 atom stereocenters. The van der Waals surface area contributed by atoms with Crippen LogP contribution >= 0.6 is 34.7 Å². The quantitative estimate of drug-likeness (QED) is 0.259. The molecular weight excluding hydrogens is 546 g/mol. The summed E-state index contributed by atoms with van der Waals surface area (Å²) in [4.78, 5) is 25.0. The summed E-state index contributed by atoms with van der Waals surface area (Å²) in [6, 6.07) is 10.6. The summed E-state index contributed by atoms with van der Waals surface area (Å²) in [5.41, 5.74) is 0.726. The average molecular weight is 570 g/mol. The van der Waals surface area contributed by atoms with Crippen LogP contribution in [0.4, 0.5) is 10.8 Å². The lowest BCUT2D eigenvalue weighted by Crippen LogP contribution is -2.30. The van der Waals surface area contributed by atoms with Gasteiger partial charge in [-0.3, -0.25) is 14.9 Å². The van der Waals surface area contributed by atoms with Crippen LogP contribution in [-0.4, -0.2) is 60.7 Å². The maximum Gasteiger partial charge on any atom is 0.257 e. The molecule has 0 saturated heterocycles. The summed E-state index contributed by atoms with van der Waals surface area (Å²) in [7, 11) is -2.11. The van der Waals surface area contributed by atoms with E-state index in [1.54, 1.807) is 32.0 Å². The lowest BCUT2D eigenvalue weighted by Gasteiger charge is -2.18. The molecule has 0 spiro atoms. The molecule has 14 heteroatoms. The number of halogens is 1. The predicted molar refractivity (Wildman–Crippen MR) is 142 cm³/mol. The van der Waals surface area contributed by atoms with Gasteiger partial charge >= 0.3 is 0 Å². The number of sulfonamides is 1. The molecule has 10 nitrogen and oxygen atoms in total. The predicted octanol–water partition coefficient (Wildman–Crippen LogP) is 4.21. The Kier molecular flexibility index (Phi) is 9.68. The van der Waals surface area contributed by atoms with E-state index in [1.807, 2.05) is 0 Å². The second-order valence-electron chi connectivity index (χ2n) is 7.12. The van der Waals surface area contributed by atoms with Crippen LogP contribution in [0.25, 0.3) is 0 Å². The van der Waals surface area contributed by atoms with Gasteiger partial charge < -0.3 is 10.1 Å². The van der Waals surface area contributed by atoms with E-state index in [4.69, 9.17) is 16.3 Å². The molecule has 0 fully saturated rings. The molecule has 0 saturated carbocycles. The Morgan fingerprint density at radius 1 is 1.08 bits per heavy atom. The molecule has 2 amide bonds. The minimum atomic E-state index is -3.61. The van der Waals surface area contributed by atoms with Crippen molar-refractivity contribution in [1.82, 2.24) is 14.5 Å². The van der Waals surface area contributed by atoms with Crippen LogP contribution in [0.15, 0.2) is 51.7 Å². The Morgan fingerprint density at radius 2 is 1.78 bits per heavy atom. The van der Waals surface area contributed by atoms with Crippen molar-refractivity contribution in [1.29, 1.82) is 0 Å². The number of thioether (sulfide) groups is 1. The van der Waals surface area contributed by atoms with Crippen molar-refractivity contribution in [3.05, 3.63) is 53.1 Å². The largest absolute Gasteiger partial charge is 0.495 e. The van der Waals surface area contributed by atoms with Gasteiger partial charge in [0.15, 0.2) is 4.34 Å². The van der Waals surface area contributed by atoms with Gasteiger partial charge in [0, 0.05) is 23.7 Å². The van der Waals surface area contributed by atoms with Crippen LogP contribution in [0.1, 0.15) is 24.2 Å². The van der Waals surface area contributed by atoms with Gasteiger partial charge in [0.25, 0.3) is 5.91 Å². The number of carbonyl (C=O) groups excluding carboxylic acids is 2. The number of amides is 2. The zero-order valence-corrected chi connectivity index (χ0v) is 22.9. The van der Waals surface area contributed by atoms with E-state index in [9.17, 15) is 18.0 Å². The molecule has 1 heterocycles. The van der Waals surface area contributed by atoms with Gasteiger partial charge in [-0.15, -0.1) is 10.2 Å². The number of nitrogens with one attached hydrogen (secondary N) is 2. The highest BCUT2D eigenvalue weighted by Gasteiger charge is 2.22. The Labute approximate surface area is 222 Å². The molecule has 0 radical (unpaired) electrons. The molecule has 36 heavy (non-hydrogen) atoms. The van der Waals surface area contributed by atoms with E-state index in [0.717, 1.165) is 23.1 Å². The van der Waals surface area contributed by atoms with Crippen LogP contribution in [0, 0.1) is 0 Å². The fraction of sp³-hybridized carbons (Fsp3) is 0.273. The molecule has 2 N–H and O–H groups in total. The van der Waals surface area contributed by atoms with Gasteiger partial charge in [-0.2, -0.15) is 4.31 Å². The van der Waals surface area contributed by atoms with Crippen molar-refractivity contribution in [2.45, 2.75) is 23.1 Å². The standard InChI is InChI=1S/C22H24ClN5O5S3/c1-4-28(5-2)36(31,32)16-9-6-14(7-10-16)20(30)25-21-26-27-22(35-21)34-13-19(29)24-17-12-15(23)8-11-18(17)33-3/h6-12H,4-5,13H2,1-3H3,(H,24,29)(H,25,26,30). The monoisotopic (exact) mass is 569 g/mol. The zero-order chi connectivity index (χ0) is 26.3. The fourth-order valence-electron chi connectivity index (χ4n) is 3.07. The molecule has 0 bridgehead atoms. The maximum atomic E-state index is 12.6. The summed E-state index contributed by atoms with van der Waals surface area (Å²) in [6.07, 6.45) is 0. The van der Waals surface area contributed by atoms with Crippen LogP contribution in [0.2, 0.25) is 5.02 Å². The number of aromatic nitrogens is 2. The first kappa shape index (κ1) is 27.9. The Morgan fingerprint density at radius 3 is 2.42 bits per heavy atom. The Bertz CT molecular complexity index is 1330. The van der Waals surface area contributed by atoms with Gasteiger partial charge in [0.2, 0.25) is 21.1 Å². The second-order valence-corrected chi connectivity index (χ2v) is 11.7. The third-order valence-electron chi connectivity index (χ3n) is 4.85. The van der Waals surface area contributed by atoms with Crippen LogP contribution in [0.3, 0.4) is 0 Å². The lowest BCUT2D eigenvalue weighted by atomic mass is 10.2. The highest BCUT2D eigenvalue weighted by molar-refractivity contribution is 8.01. The molecule has 3 rings (SSSR count). The summed E-state index contributed by atoms with van der Waals surface area (Å²) < 4.78 is 32.2. The highest BCUT2D eigenvalue weighted by atomic mass is 35.5. The average Bonchev–Trinajstić information content (AvgIpc) is 3.31. The van der Waals surface area contributed by atoms with Crippen LogP contribution < -0.4 is 15.4 Å². The highest BCUT2D eigenvalue weighted by Crippen LogP contribution is 2.29. The van der Waals surface area contributed by atoms with E-state index in [-0.39, 0.29) is 27.3 Å². The third-order valence-corrected chi connectivity index (χ3v) is 9.12. The second kappa shape index (κ2) is 12.5. The molecule has 0 aliphatic carbocycles. The lowest BCUT2D eigenvalue weighted by molar-refractivity contribution is -0.113. The van der Waals surface area contributed by atoms with Gasteiger partial charge in [-0.05, 0) is 42.5 Å². The van der Waals surface area contributed by atoms with E-state index < -0.39 is 15.9 Å². The van der Waals surface area contributed by atoms with E-state index >= 15 is 0 Å². The number of anilines is 2. The molecule has 0 aliphatic rings. The topological polar surface area (TPSA) is 131 Å². The van der Waals surface area contributed by atoms with Crippen LogP contribution in [-0.2, 0) is 14.8 Å². The molecule has 192 valence electrons. The zero-order valence-electron chi connectivity index (χ0n) is 19.6. The van der Waals surface area contributed by atoms with E-state index in [0.29, 0.717) is 33.9 Å². The first-order chi connectivity index (χ1) is 17.2. The number of carbonyl (C=O) groups is 2. The summed E-state index contributed by atoms with van der Waals surface area (Å²) >= 11 is 8.25. The van der Waals surface area contributed by atoms with Crippen molar-refractivity contribution < 1.29 is 22.7 Å². The third kappa shape index (κ3) is 6.95. The van der Waals surface area contributed by atoms with E-state index in [1.165, 1.54) is 35.7 Å². The first-order valence-electron chi connectivity index (χ1n) is 10.7. The van der Waals surface area contributed by atoms with Crippen LogP contribution in [0.5, 0.6) is 5.75 Å². The number of rotatable bonds is 11. The normalized spacial score (nSPS) is 11.4. The summed E-state index contributed by atoms with van der Waals surface area (Å²) in [5.74, 6) is -0.209. The molecule has 0 unspecified atom stereocenters. The van der Waals surface area contributed by atoms with Crippen molar-refractivity contribution in [2.75, 3.05) is 36.6 Å². The number of nitrogens with zero attached hydrogens (tertiary/aromatic N) is 3. The molecule has 2 aromatic carbocycles. The van der Waals surface area contributed by atoms with Crippen molar-refractivity contribution in [3.63, 3.8) is 0 Å². The number of ether oxygens (including phenoxy) is 1. The van der Waals surface area contributed by atoms with E-state index in [2.05, 4.69) is 20.8 Å². The summed E-state index contributed by atoms with van der Waals surface area (Å²) in [5, 5.41) is 14.0. The SMILES string of the molecule is CCN(CC)S(=O)(=O)c1ccc(C(=O)Nc2nnc(SCC(=O)Nc3cc(Cl)ccc3OC)s2)cc1. The summed E-state index contributed by atoms with van der Waals surface area (Å²) in [6.45, 7) is 4.24. The van der Waals surface area contributed by atoms with Gasteiger partial charge in [-0.25, -0.2) is 8.42 Å². The Balaban J connectivity index is 1.56. The minimum absolute atomic E-state index is 0.0563. The number of benzene rings is 2. The molecule has 0 aliphatic heterocycles. The fourth-order valence-corrected chi connectivity index (χ4v) is 6.25. The van der Waals surface area contributed by atoms with Gasteiger partial charge in [-0.1, -0.05) is 48.5 Å². The van der Waals surface area contributed by atoms with Gasteiger partial charge in [0.1, 0.15) is 5.75 Å². The number of methoxy groups -OCH3 is 1. The minimum Gasteiger partial charge on any atom is -0.495 e. The molecule has 3 aromatic rings. The van der Waals surface area contributed by atoms with Crippen molar-refractivity contribution >= 4 is 67.4 Å². The van der Waals surface area contributed by atoms with Crippen molar-refractivity contribution in [2.24, 2.45) is 0 Å². The molecular formula is C22H24ClN5O5S3. The van der Waals surface area contributed by atoms with Gasteiger partial charge in [0.05, 0.1) is 23.4 Å². The number of hydrogen-bond donors (Lipinski definition) is 2. The maximum absolute atomic E-state index is 12.6. The smallest absolute Gasteiger partial charge is 0.257 e. The molecule has 1 aromatic heterocycles. The van der Waals surface area contributed by atoms with Crippen molar-refractivity contribution in [3.8, 4) is 5.75 Å². The number of hydrogen-bond acceptors (Lipinski definition) is 9.